The number of fused-ring (bicyclic) bond motifs is 1. The van der Waals surface area contributed by atoms with Gasteiger partial charge in [-0.15, -0.1) is 0 Å². The molecule has 0 radical (unpaired) electrons. The lowest BCUT2D eigenvalue weighted by atomic mass is 9.98. The smallest absolute Gasteiger partial charge is 0.303 e. The molecule has 1 aromatic carbocycles. The Labute approximate surface area is 114 Å². The predicted octanol–water partition coefficient (Wildman–Crippen LogP) is 3.76. The largest absolute Gasteiger partial charge is 0.494 e. The third-order valence-electron chi connectivity index (χ3n) is 3.76. The van der Waals surface area contributed by atoms with Crippen LogP contribution in [0.5, 0.6) is 5.75 Å². The molecule has 3 nitrogen and oxygen atoms in total. The summed E-state index contributed by atoms with van der Waals surface area (Å²) in [5, 5.41) is 8.94. The molecular formula is C16H22O3. The van der Waals surface area contributed by atoms with Crippen LogP contribution in [0.25, 0.3) is 0 Å². The number of carbonyl (C=O) groups is 1. The number of hydrogen-bond acceptors (Lipinski definition) is 2. The topological polar surface area (TPSA) is 46.5 Å². The molecule has 0 aromatic heterocycles. The van der Waals surface area contributed by atoms with Crippen LogP contribution >= 0.6 is 0 Å². The van der Waals surface area contributed by atoms with E-state index in [4.69, 9.17) is 9.84 Å². The van der Waals surface area contributed by atoms with Gasteiger partial charge in [-0.05, 0) is 48.4 Å². The molecule has 1 N–H and O–H groups in total. The van der Waals surface area contributed by atoms with E-state index in [2.05, 4.69) is 13.0 Å². The number of aryl methyl sites for hydroxylation is 1. The van der Waals surface area contributed by atoms with Gasteiger partial charge in [0.15, 0.2) is 0 Å². The number of ether oxygens (including phenoxy) is 1. The minimum atomic E-state index is -0.716. The van der Waals surface area contributed by atoms with Gasteiger partial charge >= 0.3 is 5.97 Å². The zero-order valence-electron chi connectivity index (χ0n) is 11.5. The molecule has 1 aliphatic carbocycles. The van der Waals surface area contributed by atoms with Gasteiger partial charge in [-0.1, -0.05) is 25.8 Å². The SMILES string of the molecule is CCCCCOc1ccc2c(c1)C(CC(=O)O)CC2. The van der Waals surface area contributed by atoms with Gasteiger partial charge in [-0.2, -0.15) is 0 Å². The molecule has 0 bridgehead atoms. The number of carboxylic acid groups (broad SMARTS) is 1. The van der Waals surface area contributed by atoms with Crippen LogP contribution in [-0.2, 0) is 11.2 Å². The van der Waals surface area contributed by atoms with Crippen molar-refractivity contribution in [2.75, 3.05) is 6.61 Å². The molecule has 0 saturated carbocycles. The van der Waals surface area contributed by atoms with Gasteiger partial charge in [0.1, 0.15) is 5.75 Å². The molecule has 1 aliphatic rings. The molecule has 19 heavy (non-hydrogen) atoms. The van der Waals surface area contributed by atoms with E-state index in [0.717, 1.165) is 31.6 Å². The molecule has 1 aromatic rings. The summed E-state index contributed by atoms with van der Waals surface area (Å²) in [4.78, 5) is 10.9. The zero-order valence-corrected chi connectivity index (χ0v) is 11.5. The number of benzene rings is 1. The van der Waals surface area contributed by atoms with Gasteiger partial charge in [0.25, 0.3) is 0 Å². The van der Waals surface area contributed by atoms with Crippen LogP contribution in [0.1, 0.15) is 56.1 Å². The molecule has 0 fully saturated rings. The van der Waals surface area contributed by atoms with Crippen LogP contribution in [0.2, 0.25) is 0 Å². The van der Waals surface area contributed by atoms with Crippen molar-refractivity contribution < 1.29 is 14.6 Å². The number of hydrogen-bond donors (Lipinski definition) is 1. The summed E-state index contributed by atoms with van der Waals surface area (Å²) in [6.45, 7) is 2.92. The number of rotatable bonds is 7. The Morgan fingerprint density at radius 3 is 3.00 bits per heavy atom. The van der Waals surface area contributed by atoms with E-state index >= 15 is 0 Å². The third-order valence-corrected chi connectivity index (χ3v) is 3.76. The lowest BCUT2D eigenvalue weighted by Crippen LogP contribution is -2.04. The Bertz CT molecular complexity index is 440. The summed E-state index contributed by atoms with van der Waals surface area (Å²) < 4.78 is 5.74. The lowest BCUT2D eigenvalue weighted by Gasteiger charge is -2.11. The molecule has 3 heteroatoms. The highest BCUT2D eigenvalue weighted by Gasteiger charge is 2.24. The predicted molar refractivity (Wildman–Crippen MR) is 74.8 cm³/mol. The second-order valence-electron chi connectivity index (χ2n) is 5.25. The maximum atomic E-state index is 10.9. The molecular weight excluding hydrogens is 240 g/mol. The second-order valence-corrected chi connectivity index (χ2v) is 5.25. The van der Waals surface area contributed by atoms with Crippen molar-refractivity contribution in [1.29, 1.82) is 0 Å². The first-order chi connectivity index (χ1) is 9.20. The van der Waals surface area contributed by atoms with E-state index in [1.54, 1.807) is 0 Å². The highest BCUT2D eigenvalue weighted by atomic mass is 16.5. The van der Waals surface area contributed by atoms with E-state index < -0.39 is 5.97 Å². The fourth-order valence-electron chi connectivity index (χ4n) is 2.72. The third kappa shape index (κ3) is 3.72. The minimum Gasteiger partial charge on any atom is -0.494 e. The molecule has 0 saturated heterocycles. The van der Waals surface area contributed by atoms with Crippen molar-refractivity contribution in [1.82, 2.24) is 0 Å². The van der Waals surface area contributed by atoms with E-state index in [-0.39, 0.29) is 12.3 Å². The molecule has 2 rings (SSSR count). The summed E-state index contributed by atoms with van der Waals surface area (Å²) in [5.41, 5.74) is 2.46. The maximum Gasteiger partial charge on any atom is 0.303 e. The van der Waals surface area contributed by atoms with Crippen molar-refractivity contribution in [3.63, 3.8) is 0 Å². The standard InChI is InChI=1S/C16H22O3/c1-2-3-4-9-19-14-8-7-12-5-6-13(10-16(17)18)15(12)11-14/h7-8,11,13H,2-6,9-10H2,1H3,(H,17,18). The van der Waals surface area contributed by atoms with Gasteiger partial charge in [-0.3, -0.25) is 4.79 Å². The minimum absolute atomic E-state index is 0.159. The maximum absolute atomic E-state index is 10.9. The van der Waals surface area contributed by atoms with Crippen molar-refractivity contribution >= 4 is 5.97 Å². The summed E-state index contributed by atoms with van der Waals surface area (Å²) >= 11 is 0. The first kappa shape index (κ1) is 13.9. The van der Waals surface area contributed by atoms with Crippen molar-refractivity contribution in [2.24, 2.45) is 0 Å². The highest BCUT2D eigenvalue weighted by Crippen LogP contribution is 2.37. The zero-order chi connectivity index (χ0) is 13.7. The Kier molecular flexibility index (Phi) is 4.83. The Balaban J connectivity index is 1.99. The number of carboxylic acids is 1. The van der Waals surface area contributed by atoms with E-state index in [1.165, 1.54) is 24.0 Å². The monoisotopic (exact) mass is 262 g/mol. The summed E-state index contributed by atoms with van der Waals surface area (Å²) in [5.74, 6) is 0.325. The summed E-state index contributed by atoms with van der Waals surface area (Å²) in [6.07, 6.45) is 5.61. The molecule has 0 amide bonds. The average molecular weight is 262 g/mol. The number of aliphatic carboxylic acids is 1. The van der Waals surface area contributed by atoms with Crippen LogP contribution in [-0.4, -0.2) is 17.7 Å². The van der Waals surface area contributed by atoms with Crippen LogP contribution in [0.15, 0.2) is 18.2 Å². The van der Waals surface area contributed by atoms with E-state index in [0.29, 0.717) is 0 Å². The fraction of sp³-hybridized carbons (Fsp3) is 0.562. The van der Waals surface area contributed by atoms with Crippen LogP contribution in [0.4, 0.5) is 0 Å². The molecule has 0 aliphatic heterocycles. The lowest BCUT2D eigenvalue weighted by molar-refractivity contribution is -0.137. The summed E-state index contributed by atoms with van der Waals surface area (Å²) in [6, 6.07) is 6.14. The first-order valence-electron chi connectivity index (χ1n) is 7.18. The molecule has 0 heterocycles. The Morgan fingerprint density at radius 2 is 2.26 bits per heavy atom. The average Bonchev–Trinajstić information content (AvgIpc) is 2.77. The highest BCUT2D eigenvalue weighted by molar-refractivity contribution is 5.68. The fourth-order valence-corrected chi connectivity index (χ4v) is 2.72. The van der Waals surface area contributed by atoms with Crippen LogP contribution in [0.3, 0.4) is 0 Å². The van der Waals surface area contributed by atoms with Gasteiger partial charge in [0, 0.05) is 0 Å². The van der Waals surface area contributed by atoms with Crippen LogP contribution < -0.4 is 4.74 Å². The first-order valence-corrected chi connectivity index (χ1v) is 7.18. The van der Waals surface area contributed by atoms with E-state index in [9.17, 15) is 4.79 Å². The van der Waals surface area contributed by atoms with E-state index in [1.807, 2.05) is 12.1 Å². The van der Waals surface area contributed by atoms with Gasteiger partial charge in [0.2, 0.25) is 0 Å². The second kappa shape index (κ2) is 6.60. The van der Waals surface area contributed by atoms with Gasteiger partial charge < -0.3 is 9.84 Å². The molecule has 1 unspecified atom stereocenters. The van der Waals surface area contributed by atoms with Gasteiger partial charge in [-0.25, -0.2) is 0 Å². The molecule has 1 atom stereocenters. The van der Waals surface area contributed by atoms with Crippen molar-refractivity contribution in [2.45, 2.75) is 51.4 Å². The molecule has 104 valence electrons. The normalized spacial score (nSPS) is 17.2. The van der Waals surface area contributed by atoms with Gasteiger partial charge in [0.05, 0.1) is 13.0 Å². The summed E-state index contributed by atoms with van der Waals surface area (Å²) in [7, 11) is 0. The Hall–Kier alpha value is -1.51. The quantitative estimate of drug-likeness (QED) is 0.761. The number of unbranched alkanes of at least 4 members (excludes halogenated alkanes) is 2. The van der Waals surface area contributed by atoms with Crippen molar-refractivity contribution in [3.05, 3.63) is 29.3 Å². The Morgan fingerprint density at radius 1 is 1.42 bits per heavy atom. The van der Waals surface area contributed by atoms with Crippen LogP contribution in [0, 0.1) is 0 Å². The molecule has 0 spiro atoms. The van der Waals surface area contributed by atoms with Crippen molar-refractivity contribution in [3.8, 4) is 5.75 Å².